The molecule has 3 rings (SSSR count). The van der Waals surface area contributed by atoms with Crippen molar-refractivity contribution in [3.8, 4) is 0 Å². The number of para-hydroxylation sites is 1. The number of hydrogen-bond acceptors (Lipinski definition) is 1. The molecular weight excluding hydrogens is 182 g/mol. The standard InChI is InChI=1S/C14H13N/c1-2-15-13-9-5-3-7-11(13)12-8-4-6-10-14(12)15/h2-11,13H,1H2. The summed E-state index contributed by atoms with van der Waals surface area (Å²) in [5.41, 5.74) is 2.70. The molecule has 2 atom stereocenters. The molecule has 0 aromatic heterocycles. The fourth-order valence-electron chi connectivity index (χ4n) is 2.53. The number of nitrogens with zero attached hydrogens (tertiary/aromatic N) is 1. The van der Waals surface area contributed by atoms with Crippen LogP contribution in [0.1, 0.15) is 11.5 Å². The van der Waals surface area contributed by atoms with Crippen molar-refractivity contribution < 1.29 is 0 Å². The topological polar surface area (TPSA) is 3.24 Å². The van der Waals surface area contributed by atoms with Crippen LogP contribution in [0, 0.1) is 0 Å². The molecule has 0 radical (unpaired) electrons. The summed E-state index contributed by atoms with van der Waals surface area (Å²) in [6.07, 6.45) is 10.7. The van der Waals surface area contributed by atoms with Gasteiger partial charge in [-0.15, -0.1) is 0 Å². The third-order valence-electron chi connectivity index (χ3n) is 3.20. The molecule has 1 nitrogen and oxygen atoms in total. The zero-order valence-corrected chi connectivity index (χ0v) is 8.51. The molecule has 0 spiro atoms. The molecule has 74 valence electrons. The van der Waals surface area contributed by atoms with Crippen molar-refractivity contribution in [2.75, 3.05) is 4.90 Å². The van der Waals surface area contributed by atoms with Gasteiger partial charge >= 0.3 is 0 Å². The minimum Gasteiger partial charge on any atom is -0.340 e. The van der Waals surface area contributed by atoms with Crippen molar-refractivity contribution >= 4 is 5.69 Å². The SMILES string of the molecule is C=CN1c2ccccc2C2C=CC=CC21. The van der Waals surface area contributed by atoms with E-state index in [1.165, 1.54) is 11.3 Å². The van der Waals surface area contributed by atoms with E-state index in [0.29, 0.717) is 12.0 Å². The monoisotopic (exact) mass is 195 g/mol. The van der Waals surface area contributed by atoms with Gasteiger partial charge in [-0.1, -0.05) is 49.1 Å². The Hall–Kier alpha value is -1.76. The van der Waals surface area contributed by atoms with Gasteiger partial charge in [0.05, 0.1) is 6.04 Å². The van der Waals surface area contributed by atoms with Crippen molar-refractivity contribution in [1.82, 2.24) is 0 Å². The average molecular weight is 195 g/mol. The molecule has 1 aromatic carbocycles. The molecule has 1 aliphatic carbocycles. The second-order valence-corrected chi connectivity index (χ2v) is 3.93. The summed E-state index contributed by atoms with van der Waals surface area (Å²) in [5.74, 6) is 0.490. The number of anilines is 1. The van der Waals surface area contributed by atoms with Crippen LogP contribution in [0.25, 0.3) is 0 Å². The molecular formula is C14H13N. The summed E-state index contributed by atoms with van der Waals surface area (Å²) in [5, 5.41) is 0. The van der Waals surface area contributed by atoms with Crippen molar-refractivity contribution in [1.29, 1.82) is 0 Å². The van der Waals surface area contributed by atoms with Gasteiger partial charge < -0.3 is 4.90 Å². The van der Waals surface area contributed by atoms with Gasteiger partial charge in [-0.3, -0.25) is 0 Å². The van der Waals surface area contributed by atoms with Crippen LogP contribution < -0.4 is 4.90 Å². The Bertz CT molecular complexity index is 431. The maximum atomic E-state index is 3.90. The fraction of sp³-hybridized carbons (Fsp3) is 0.143. The molecule has 0 bridgehead atoms. The second-order valence-electron chi connectivity index (χ2n) is 3.93. The number of fused-ring (bicyclic) bond motifs is 3. The van der Waals surface area contributed by atoms with E-state index in [0.717, 1.165) is 0 Å². The third-order valence-corrected chi connectivity index (χ3v) is 3.20. The number of rotatable bonds is 1. The van der Waals surface area contributed by atoms with Crippen LogP contribution in [-0.2, 0) is 0 Å². The maximum absolute atomic E-state index is 3.90. The largest absolute Gasteiger partial charge is 0.340 e. The van der Waals surface area contributed by atoms with Crippen LogP contribution in [0.4, 0.5) is 5.69 Å². The molecule has 0 N–H and O–H groups in total. The normalized spacial score (nSPS) is 26.3. The van der Waals surface area contributed by atoms with Gasteiger partial charge in [0, 0.05) is 11.6 Å². The van der Waals surface area contributed by atoms with Crippen LogP contribution in [-0.4, -0.2) is 6.04 Å². The van der Waals surface area contributed by atoms with Crippen molar-refractivity contribution in [3.63, 3.8) is 0 Å². The molecule has 1 heteroatoms. The van der Waals surface area contributed by atoms with Gasteiger partial charge in [0.2, 0.25) is 0 Å². The molecule has 0 amide bonds. The van der Waals surface area contributed by atoms with Crippen LogP contribution in [0.15, 0.2) is 61.3 Å². The molecule has 2 unspecified atom stereocenters. The lowest BCUT2D eigenvalue weighted by Crippen LogP contribution is -2.27. The molecule has 15 heavy (non-hydrogen) atoms. The van der Waals surface area contributed by atoms with Gasteiger partial charge in [0.15, 0.2) is 0 Å². The van der Waals surface area contributed by atoms with E-state index in [-0.39, 0.29) is 0 Å². The third kappa shape index (κ3) is 1.09. The molecule has 1 aliphatic heterocycles. The van der Waals surface area contributed by atoms with E-state index in [9.17, 15) is 0 Å². The fourth-order valence-corrected chi connectivity index (χ4v) is 2.53. The highest BCUT2D eigenvalue weighted by Gasteiger charge is 2.34. The zero-order valence-electron chi connectivity index (χ0n) is 8.51. The zero-order chi connectivity index (χ0) is 10.3. The van der Waals surface area contributed by atoms with Crippen molar-refractivity contribution in [3.05, 3.63) is 66.9 Å². The predicted octanol–water partition coefficient (Wildman–Crippen LogP) is 3.23. The Balaban J connectivity index is 2.18. The first-order chi connectivity index (χ1) is 7.42. The summed E-state index contributed by atoms with van der Waals surface area (Å²) >= 11 is 0. The van der Waals surface area contributed by atoms with Crippen LogP contribution in [0.3, 0.4) is 0 Å². The highest BCUT2D eigenvalue weighted by Crippen LogP contribution is 2.43. The van der Waals surface area contributed by atoms with Crippen molar-refractivity contribution in [2.24, 2.45) is 0 Å². The van der Waals surface area contributed by atoms with Crippen LogP contribution >= 0.6 is 0 Å². The Morgan fingerprint density at radius 3 is 2.80 bits per heavy atom. The number of hydrogen-bond donors (Lipinski definition) is 0. The Morgan fingerprint density at radius 1 is 1.13 bits per heavy atom. The van der Waals surface area contributed by atoms with E-state index in [1.54, 1.807) is 0 Å². The second kappa shape index (κ2) is 3.13. The first kappa shape index (κ1) is 8.54. The van der Waals surface area contributed by atoms with Gasteiger partial charge in [-0.2, -0.15) is 0 Å². The molecule has 0 saturated carbocycles. The highest BCUT2D eigenvalue weighted by molar-refractivity contribution is 5.66. The first-order valence-corrected chi connectivity index (χ1v) is 5.26. The summed E-state index contributed by atoms with van der Waals surface area (Å²) in [7, 11) is 0. The first-order valence-electron chi connectivity index (χ1n) is 5.26. The molecule has 0 fully saturated rings. The molecule has 0 saturated heterocycles. The van der Waals surface area contributed by atoms with E-state index in [4.69, 9.17) is 0 Å². The summed E-state index contributed by atoms with van der Waals surface area (Å²) < 4.78 is 0. The van der Waals surface area contributed by atoms with Gasteiger partial charge in [-0.25, -0.2) is 0 Å². The minimum atomic E-state index is 0.421. The van der Waals surface area contributed by atoms with E-state index in [1.807, 2.05) is 6.20 Å². The van der Waals surface area contributed by atoms with Gasteiger partial charge in [0.1, 0.15) is 0 Å². The summed E-state index contributed by atoms with van der Waals surface area (Å²) in [6.45, 7) is 3.90. The maximum Gasteiger partial charge on any atom is 0.0623 e. The average Bonchev–Trinajstić information content (AvgIpc) is 2.63. The number of allylic oxidation sites excluding steroid dienone is 2. The van der Waals surface area contributed by atoms with Gasteiger partial charge in [0.25, 0.3) is 0 Å². The predicted molar refractivity (Wildman–Crippen MR) is 63.9 cm³/mol. The van der Waals surface area contributed by atoms with Crippen LogP contribution in [0.5, 0.6) is 0 Å². The highest BCUT2D eigenvalue weighted by atomic mass is 15.2. The summed E-state index contributed by atoms with van der Waals surface area (Å²) in [6, 6.07) is 8.98. The Labute approximate surface area is 90.0 Å². The van der Waals surface area contributed by atoms with E-state index in [2.05, 4.69) is 60.0 Å². The smallest absolute Gasteiger partial charge is 0.0623 e. The lowest BCUT2D eigenvalue weighted by Gasteiger charge is -2.24. The minimum absolute atomic E-state index is 0.421. The van der Waals surface area contributed by atoms with E-state index < -0.39 is 0 Å². The summed E-state index contributed by atoms with van der Waals surface area (Å²) in [4.78, 5) is 2.25. The Kier molecular flexibility index (Phi) is 1.78. The molecule has 2 aliphatic rings. The lowest BCUT2D eigenvalue weighted by molar-refractivity contribution is 0.741. The van der Waals surface area contributed by atoms with Gasteiger partial charge in [-0.05, 0) is 17.8 Å². The molecule has 1 heterocycles. The van der Waals surface area contributed by atoms with Crippen molar-refractivity contribution in [2.45, 2.75) is 12.0 Å². The number of benzene rings is 1. The molecule has 1 aromatic rings. The van der Waals surface area contributed by atoms with E-state index >= 15 is 0 Å². The van der Waals surface area contributed by atoms with Crippen LogP contribution in [0.2, 0.25) is 0 Å². The Morgan fingerprint density at radius 2 is 1.93 bits per heavy atom. The lowest BCUT2D eigenvalue weighted by atomic mass is 9.92. The quantitative estimate of drug-likeness (QED) is 0.665.